The maximum Gasteiger partial charge on any atom is 0.326 e. The van der Waals surface area contributed by atoms with Gasteiger partial charge in [0.05, 0.1) is 0 Å². The summed E-state index contributed by atoms with van der Waals surface area (Å²) in [7, 11) is 0. The van der Waals surface area contributed by atoms with Gasteiger partial charge in [-0.2, -0.15) is 0 Å². The lowest BCUT2D eigenvalue weighted by Crippen LogP contribution is -2.26. The molecule has 0 radical (unpaired) electrons. The maximum absolute atomic E-state index is 10.7. The number of carboxylic acids is 1. The maximum atomic E-state index is 10.7. The van der Waals surface area contributed by atoms with Crippen LogP contribution < -0.4 is 5.32 Å². The largest absolute Gasteiger partial charge is 0.480 e. The minimum atomic E-state index is -0.827. The normalized spacial score (nSPS) is 19.3. The molecular formula is C9H8ClNO2. The number of fused-ring (bicyclic) bond motifs is 1. The lowest BCUT2D eigenvalue weighted by atomic mass is 10.1. The Balaban J connectivity index is 2.30. The van der Waals surface area contributed by atoms with Gasteiger partial charge in [-0.25, -0.2) is 4.79 Å². The van der Waals surface area contributed by atoms with E-state index in [1.807, 2.05) is 6.07 Å². The Morgan fingerprint density at radius 3 is 3.08 bits per heavy atom. The molecule has 68 valence electrons. The van der Waals surface area contributed by atoms with Crippen molar-refractivity contribution in [3.63, 3.8) is 0 Å². The van der Waals surface area contributed by atoms with E-state index in [4.69, 9.17) is 16.7 Å². The number of hydrogen-bond donors (Lipinski definition) is 2. The third kappa shape index (κ3) is 1.47. The molecule has 1 aliphatic heterocycles. The van der Waals surface area contributed by atoms with E-state index in [1.54, 1.807) is 12.1 Å². The van der Waals surface area contributed by atoms with Gasteiger partial charge in [0, 0.05) is 17.1 Å². The van der Waals surface area contributed by atoms with Crippen LogP contribution in [0, 0.1) is 0 Å². The van der Waals surface area contributed by atoms with Crippen LogP contribution in [0.2, 0.25) is 5.02 Å². The molecule has 0 spiro atoms. The van der Waals surface area contributed by atoms with E-state index in [1.165, 1.54) is 0 Å². The predicted molar refractivity (Wildman–Crippen MR) is 50.2 cm³/mol. The number of hydrogen-bond acceptors (Lipinski definition) is 2. The molecule has 0 unspecified atom stereocenters. The quantitative estimate of drug-likeness (QED) is 0.721. The summed E-state index contributed by atoms with van der Waals surface area (Å²) in [4.78, 5) is 10.7. The van der Waals surface area contributed by atoms with Gasteiger partial charge in [-0.1, -0.05) is 17.7 Å². The lowest BCUT2D eigenvalue weighted by Gasteiger charge is -2.03. The molecule has 0 saturated carbocycles. The van der Waals surface area contributed by atoms with Crippen LogP contribution in [0.5, 0.6) is 0 Å². The highest BCUT2D eigenvalue weighted by atomic mass is 35.5. The van der Waals surface area contributed by atoms with Crippen LogP contribution in [0.3, 0.4) is 0 Å². The fourth-order valence-corrected chi connectivity index (χ4v) is 1.64. The highest BCUT2D eigenvalue weighted by molar-refractivity contribution is 6.30. The van der Waals surface area contributed by atoms with Crippen molar-refractivity contribution >= 4 is 23.3 Å². The molecule has 13 heavy (non-hydrogen) atoms. The third-order valence-electron chi connectivity index (χ3n) is 2.12. The summed E-state index contributed by atoms with van der Waals surface area (Å²) in [5, 5.41) is 12.3. The van der Waals surface area contributed by atoms with Gasteiger partial charge in [0.2, 0.25) is 0 Å². The summed E-state index contributed by atoms with van der Waals surface area (Å²) in [6, 6.07) is 4.87. The Morgan fingerprint density at radius 1 is 1.62 bits per heavy atom. The molecule has 0 saturated heterocycles. The molecule has 2 rings (SSSR count). The number of aliphatic carboxylic acids is 1. The summed E-state index contributed by atoms with van der Waals surface area (Å²) in [6.45, 7) is 0. The highest BCUT2D eigenvalue weighted by Crippen LogP contribution is 2.28. The summed E-state index contributed by atoms with van der Waals surface area (Å²) in [5.74, 6) is -0.827. The van der Waals surface area contributed by atoms with E-state index >= 15 is 0 Å². The van der Waals surface area contributed by atoms with Gasteiger partial charge in [-0.15, -0.1) is 0 Å². The zero-order chi connectivity index (χ0) is 9.42. The van der Waals surface area contributed by atoms with Crippen LogP contribution >= 0.6 is 11.6 Å². The molecule has 2 N–H and O–H groups in total. The second-order valence-corrected chi connectivity index (χ2v) is 3.48. The first-order valence-corrected chi connectivity index (χ1v) is 4.32. The molecular weight excluding hydrogens is 190 g/mol. The first kappa shape index (κ1) is 8.38. The Kier molecular flexibility index (Phi) is 1.88. The number of anilines is 1. The van der Waals surface area contributed by atoms with Gasteiger partial charge < -0.3 is 10.4 Å². The van der Waals surface area contributed by atoms with Gasteiger partial charge in [-0.3, -0.25) is 0 Å². The molecule has 1 aromatic carbocycles. The second kappa shape index (κ2) is 2.92. The average molecular weight is 198 g/mol. The summed E-state index contributed by atoms with van der Waals surface area (Å²) in [5.41, 5.74) is 1.84. The topological polar surface area (TPSA) is 49.3 Å². The van der Waals surface area contributed by atoms with E-state index in [-0.39, 0.29) is 0 Å². The van der Waals surface area contributed by atoms with Crippen LogP contribution in [-0.4, -0.2) is 17.1 Å². The van der Waals surface area contributed by atoms with E-state index in [0.717, 1.165) is 11.3 Å². The Bertz CT molecular complexity index is 365. The fourth-order valence-electron chi connectivity index (χ4n) is 1.47. The van der Waals surface area contributed by atoms with Crippen molar-refractivity contribution in [2.24, 2.45) is 0 Å². The Hall–Kier alpha value is -1.22. The van der Waals surface area contributed by atoms with Crippen molar-refractivity contribution in [1.82, 2.24) is 0 Å². The van der Waals surface area contributed by atoms with Crippen LogP contribution in [0.25, 0.3) is 0 Å². The van der Waals surface area contributed by atoms with Crippen LogP contribution in [0.1, 0.15) is 5.56 Å². The first-order chi connectivity index (χ1) is 6.16. The van der Waals surface area contributed by atoms with Gasteiger partial charge in [0.25, 0.3) is 0 Å². The van der Waals surface area contributed by atoms with Gasteiger partial charge in [0.1, 0.15) is 6.04 Å². The SMILES string of the molecule is O=C(O)[C@@H]1Cc2ccc(Cl)cc2N1. The fraction of sp³-hybridized carbons (Fsp3) is 0.222. The van der Waals surface area contributed by atoms with Crippen LogP contribution in [-0.2, 0) is 11.2 Å². The first-order valence-electron chi connectivity index (χ1n) is 3.94. The number of carbonyl (C=O) groups is 1. The predicted octanol–water partition coefficient (Wildman–Crippen LogP) is 1.76. The summed E-state index contributed by atoms with van der Waals surface area (Å²) in [6.07, 6.45) is 0.530. The molecule has 0 amide bonds. The van der Waals surface area contributed by atoms with Crippen molar-refractivity contribution in [2.45, 2.75) is 12.5 Å². The zero-order valence-corrected chi connectivity index (χ0v) is 7.51. The Labute approximate surface area is 80.3 Å². The second-order valence-electron chi connectivity index (χ2n) is 3.04. The average Bonchev–Trinajstić information content (AvgIpc) is 2.46. The molecule has 1 heterocycles. The molecule has 0 aliphatic carbocycles. The molecule has 0 fully saturated rings. The standard InChI is InChI=1S/C9H8ClNO2/c10-6-2-1-5-3-8(9(12)13)11-7(5)4-6/h1-2,4,8,11H,3H2,(H,12,13)/t8-/m0/s1. The number of nitrogens with one attached hydrogen (secondary N) is 1. The van der Waals surface area contributed by atoms with Crippen LogP contribution in [0.4, 0.5) is 5.69 Å². The van der Waals surface area contributed by atoms with E-state index in [9.17, 15) is 4.79 Å². The molecule has 1 atom stereocenters. The molecule has 0 aromatic heterocycles. The van der Waals surface area contributed by atoms with Crippen molar-refractivity contribution in [1.29, 1.82) is 0 Å². The Morgan fingerprint density at radius 2 is 2.38 bits per heavy atom. The number of carboxylic acid groups (broad SMARTS) is 1. The van der Waals surface area contributed by atoms with Gasteiger partial charge >= 0.3 is 5.97 Å². The molecule has 0 bridgehead atoms. The minimum absolute atomic E-state index is 0.506. The van der Waals surface area contributed by atoms with Crippen molar-refractivity contribution in [3.8, 4) is 0 Å². The van der Waals surface area contributed by atoms with Gasteiger partial charge in [0.15, 0.2) is 0 Å². The van der Waals surface area contributed by atoms with Gasteiger partial charge in [-0.05, 0) is 17.7 Å². The summed E-state index contributed by atoms with van der Waals surface area (Å²) < 4.78 is 0. The summed E-state index contributed by atoms with van der Waals surface area (Å²) >= 11 is 5.76. The van der Waals surface area contributed by atoms with Crippen molar-refractivity contribution in [2.75, 3.05) is 5.32 Å². The van der Waals surface area contributed by atoms with Crippen molar-refractivity contribution in [3.05, 3.63) is 28.8 Å². The molecule has 1 aromatic rings. The lowest BCUT2D eigenvalue weighted by molar-refractivity contribution is -0.137. The third-order valence-corrected chi connectivity index (χ3v) is 2.36. The monoisotopic (exact) mass is 197 g/mol. The smallest absolute Gasteiger partial charge is 0.326 e. The molecule has 4 heteroatoms. The van der Waals surface area contributed by atoms with Crippen LogP contribution in [0.15, 0.2) is 18.2 Å². The highest BCUT2D eigenvalue weighted by Gasteiger charge is 2.25. The molecule has 1 aliphatic rings. The number of benzene rings is 1. The number of rotatable bonds is 1. The zero-order valence-electron chi connectivity index (χ0n) is 6.75. The molecule has 3 nitrogen and oxygen atoms in total. The number of halogens is 1. The van der Waals surface area contributed by atoms with E-state index in [2.05, 4.69) is 5.32 Å². The van der Waals surface area contributed by atoms with E-state index < -0.39 is 12.0 Å². The van der Waals surface area contributed by atoms with E-state index in [0.29, 0.717) is 11.4 Å². The van der Waals surface area contributed by atoms with Crippen molar-refractivity contribution < 1.29 is 9.90 Å². The minimum Gasteiger partial charge on any atom is -0.480 e.